The standard InChI is InChI=1S/C18H19N5O4/c24-17(13-4-5-13)20-8-10-21(11-9-20)18(25)16-6-7-22(19-16)14-2-1-3-15(12-14)23(26)27/h1-3,6-7,12-13H,4-5,8-11H2. The molecule has 1 aromatic carbocycles. The topological polar surface area (TPSA) is 102 Å². The van der Waals surface area contributed by atoms with E-state index in [9.17, 15) is 19.7 Å². The molecule has 2 fully saturated rings. The van der Waals surface area contributed by atoms with Gasteiger partial charge in [-0.1, -0.05) is 6.07 Å². The summed E-state index contributed by atoms with van der Waals surface area (Å²) < 4.78 is 1.45. The molecule has 1 aliphatic carbocycles. The van der Waals surface area contributed by atoms with Crippen LogP contribution in [-0.2, 0) is 4.79 Å². The summed E-state index contributed by atoms with van der Waals surface area (Å²) in [5, 5.41) is 15.2. The summed E-state index contributed by atoms with van der Waals surface area (Å²) in [6.45, 7) is 2.07. The Balaban J connectivity index is 1.42. The molecule has 27 heavy (non-hydrogen) atoms. The normalized spacial score (nSPS) is 17.0. The Morgan fingerprint density at radius 1 is 1.07 bits per heavy atom. The minimum absolute atomic E-state index is 0.0349. The van der Waals surface area contributed by atoms with Crippen molar-refractivity contribution < 1.29 is 14.5 Å². The number of nitro benzene ring substituents is 1. The molecule has 0 spiro atoms. The molecule has 2 aliphatic rings. The van der Waals surface area contributed by atoms with Gasteiger partial charge in [0.25, 0.3) is 11.6 Å². The van der Waals surface area contributed by atoms with Gasteiger partial charge in [-0.05, 0) is 25.0 Å². The molecule has 2 aromatic rings. The molecular formula is C18H19N5O4. The number of amides is 2. The van der Waals surface area contributed by atoms with Crippen molar-refractivity contribution >= 4 is 17.5 Å². The van der Waals surface area contributed by atoms with E-state index in [4.69, 9.17) is 0 Å². The molecule has 2 amide bonds. The largest absolute Gasteiger partial charge is 0.339 e. The number of piperazine rings is 1. The number of aromatic nitrogens is 2. The molecule has 1 saturated heterocycles. The van der Waals surface area contributed by atoms with Gasteiger partial charge in [0.15, 0.2) is 5.69 Å². The van der Waals surface area contributed by atoms with Gasteiger partial charge in [-0.15, -0.1) is 0 Å². The Morgan fingerprint density at radius 3 is 2.44 bits per heavy atom. The quantitative estimate of drug-likeness (QED) is 0.600. The molecule has 1 saturated carbocycles. The smallest absolute Gasteiger partial charge is 0.274 e. The first-order valence-electron chi connectivity index (χ1n) is 8.91. The van der Waals surface area contributed by atoms with E-state index in [2.05, 4.69) is 5.10 Å². The van der Waals surface area contributed by atoms with E-state index in [-0.39, 0.29) is 29.1 Å². The maximum absolute atomic E-state index is 12.7. The summed E-state index contributed by atoms with van der Waals surface area (Å²) in [6, 6.07) is 7.68. The first kappa shape index (κ1) is 17.2. The van der Waals surface area contributed by atoms with Crippen LogP contribution in [0.3, 0.4) is 0 Å². The predicted octanol–water partition coefficient (Wildman–Crippen LogP) is 1.47. The van der Waals surface area contributed by atoms with Crippen LogP contribution in [0.5, 0.6) is 0 Å². The summed E-state index contributed by atoms with van der Waals surface area (Å²) in [4.78, 5) is 38.8. The molecule has 0 unspecified atom stereocenters. The zero-order chi connectivity index (χ0) is 19.0. The number of carbonyl (C=O) groups excluding carboxylic acids is 2. The second-order valence-electron chi connectivity index (χ2n) is 6.81. The molecule has 0 N–H and O–H groups in total. The Kier molecular flexibility index (Phi) is 4.35. The van der Waals surface area contributed by atoms with E-state index in [0.29, 0.717) is 31.9 Å². The zero-order valence-corrected chi connectivity index (χ0v) is 14.7. The maximum atomic E-state index is 12.7. The first-order valence-corrected chi connectivity index (χ1v) is 8.91. The molecule has 0 atom stereocenters. The molecule has 2 heterocycles. The van der Waals surface area contributed by atoms with Gasteiger partial charge in [0.1, 0.15) is 0 Å². The van der Waals surface area contributed by atoms with Crippen molar-refractivity contribution in [3.63, 3.8) is 0 Å². The number of rotatable bonds is 4. The summed E-state index contributed by atoms with van der Waals surface area (Å²) in [5.41, 5.74) is 0.763. The lowest BCUT2D eigenvalue weighted by Gasteiger charge is -2.34. The Labute approximate surface area is 155 Å². The third-order valence-electron chi connectivity index (χ3n) is 4.92. The van der Waals surface area contributed by atoms with Crippen LogP contribution in [0.1, 0.15) is 23.3 Å². The van der Waals surface area contributed by atoms with Gasteiger partial charge in [-0.2, -0.15) is 5.10 Å². The highest BCUT2D eigenvalue weighted by molar-refractivity contribution is 5.92. The number of hydrogen-bond donors (Lipinski definition) is 0. The SMILES string of the molecule is O=C(c1ccn(-c2cccc([N+](=O)[O-])c2)n1)N1CCN(C(=O)C2CC2)CC1. The van der Waals surface area contributed by atoms with E-state index in [1.807, 2.05) is 4.90 Å². The summed E-state index contributed by atoms with van der Waals surface area (Å²) in [7, 11) is 0. The number of carbonyl (C=O) groups is 2. The highest BCUT2D eigenvalue weighted by Gasteiger charge is 2.35. The Hall–Kier alpha value is -3.23. The zero-order valence-electron chi connectivity index (χ0n) is 14.7. The number of nitro groups is 1. The minimum Gasteiger partial charge on any atom is -0.339 e. The lowest BCUT2D eigenvalue weighted by molar-refractivity contribution is -0.384. The predicted molar refractivity (Wildman–Crippen MR) is 95.4 cm³/mol. The van der Waals surface area contributed by atoms with Gasteiger partial charge >= 0.3 is 0 Å². The van der Waals surface area contributed by atoms with Crippen LogP contribution in [0.25, 0.3) is 5.69 Å². The lowest BCUT2D eigenvalue weighted by atomic mass is 10.2. The van der Waals surface area contributed by atoms with Crippen molar-refractivity contribution in [3.8, 4) is 5.69 Å². The molecule has 0 radical (unpaired) electrons. The minimum atomic E-state index is -0.471. The third kappa shape index (κ3) is 3.53. The average molecular weight is 369 g/mol. The van der Waals surface area contributed by atoms with Crippen LogP contribution in [0.15, 0.2) is 36.5 Å². The molecule has 1 aliphatic heterocycles. The van der Waals surface area contributed by atoms with Crippen molar-refractivity contribution in [1.82, 2.24) is 19.6 Å². The molecular weight excluding hydrogens is 350 g/mol. The van der Waals surface area contributed by atoms with Crippen molar-refractivity contribution in [2.24, 2.45) is 5.92 Å². The number of hydrogen-bond acceptors (Lipinski definition) is 5. The van der Waals surface area contributed by atoms with Gasteiger partial charge in [0, 0.05) is 50.4 Å². The van der Waals surface area contributed by atoms with Crippen LogP contribution in [0, 0.1) is 16.0 Å². The van der Waals surface area contributed by atoms with E-state index < -0.39 is 4.92 Å². The number of non-ortho nitro benzene ring substituents is 1. The Bertz CT molecular complexity index is 897. The van der Waals surface area contributed by atoms with E-state index in [1.54, 1.807) is 29.3 Å². The van der Waals surface area contributed by atoms with E-state index >= 15 is 0 Å². The van der Waals surface area contributed by atoms with Gasteiger partial charge in [-0.25, -0.2) is 4.68 Å². The number of benzene rings is 1. The van der Waals surface area contributed by atoms with Crippen molar-refractivity contribution in [3.05, 3.63) is 52.3 Å². The summed E-state index contributed by atoms with van der Waals surface area (Å²) >= 11 is 0. The van der Waals surface area contributed by atoms with Crippen LogP contribution in [-0.4, -0.2) is 62.5 Å². The second kappa shape index (κ2) is 6.82. The number of nitrogens with zero attached hydrogens (tertiary/aromatic N) is 5. The van der Waals surface area contributed by atoms with Crippen LogP contribution in [0.4, 0.5) is 5.69 Å². The van der Waals surface area contributed by atoms with Crippen molar-refractivity contribution in [2.75, 3.05) is 26.2 Å². The van der Waals surface area contributed by atoms with Crippen LogP contribution >= 0.6 is 0 Å². The molecule has 4 rings (SSSR count). The van der Waals surface area contributed by atoms with Gasteiger partial charge in [0.05, 0.1) is 10.6 Å². The highest BCUT2D eigenvalue weighted by atomic mass is 16.6. The highest BCUT2D eigenvalue weighted by Crippen LogP contribution is 2.31. The fourth-order valence-electron chi connectivity index (χ4n) is 3.21. The monoisotopic (exact) mass is 369 g/mol. The van der Waals surface area contributed by atoms with Crippen LogP contribution in [0.2, 0.25) is 0 Å². The van der Waals surface area contributed by atoms with Gasteiger partial charge < -0.3 is 9.80 Å². The molecule has 9 heteroatoms. The lowest BCUT2D eigenvalue weighted by Crippen LogP contribution is -2.51. The average Bonchev–Trinajstić information content (AvgIpc) is 3.43. The molecule has 0 bridgehead atoms. The van der Waals surface area contributed by atoms with Gasteiger partial charge in [-0.3, -0.25) is 19.7 Å². The van der Waals surface area contributed by atoms with Gasteiger partial charge in [0.2, 0.25) is 5.91 Å². The summed E-state index contributed by atoms with van der Waals surface area (Å²) in [5.74, 6) is 0.202. The summed E-state index contributed by atoms with van der Waals surface area (Å²) in [6.07, 6.45) is 3.57. The van der Waals surface area contributed by atoms with Crippen molar-refractivity contribution in [2.45, 2.75) is 12.8 Å². The fraction of sp³-hybridized carbons (Fsp3) is 0.389. The van der Waals surface area contributed by atoms with Crippen LogP contribution < -0.4 is 0 Å². The molecule has 9 nitrogen and oxygen atoms in total. The molecule has 1 aromatic heterocycles. The fourth-order valence-corrected chi connectivity index (χ4v) is 3.21. The van der Waals surface area contributed by atoms with Crippen molar-refractivity contribution in [1.29, 1.82) is 0 Å². The Morgan fingerprint density at radius 2 is 1.78 bits per heavy atom. The van der Waals surface area contributed by atoms with E-state index in [0.717, 1.165) is 12.8 Å². The van der Waals surface area contributed by atoms with E-state index in [1.165, 1.54) is 16.8 Å². The second-order valence-corrected chi connectivity index (χ2v) is 6.81. The third-order valence-corrected chi connectivity index (χ3v) is 4.92. The maximum Gasteiger partial charge on any atom is 0.274 e. The first-order chi connectivity index (χ1) is 13.0. The molecule has 140 valence electrons.